The second-order valence-electron chi connectivity index (χ2n) is 9.52. The van der Waals surface area contributed by atoms with Crippen molar-refractivity contribution in [2.75, 3.05) is 10.6 Å². The Hall–Kier alpha value is -5.54. The van der Waals surface area contributed by atoms with Crippen LogP contribution in [-0.2, 0) is 9.59 Å². The number of thioether (sulfide) groups is 1. The molecule has 0 saturated heterocycles. The van der Waals surface area contributed by atoms with Gasteiger partial charge in [-0.05, 0) is 65.7 Å². The molecule has 4 aromatic carbocycles. The van der Waals surface area contributed by atoms with Gasteiger partial charge in [-0.3, -0.25) is 19.4 Å². The minimum Gasteiger partial charge on any atom is -0.322 e. The first-order valence-electron chi connectivity index (χ1n) is 13.6. The number of aromatic nitrogens is 1. The SMILES string of the molecule is O=C(Nc1cccc(SC(C(=O)Nc2ccccc2F)c2ccccc2)c1)/C(=C/c1cccnc1)NC(=O)c1ccccc1. The largest absolute Gasteiger partial charge is 0.322 e. The Morgan fingerprint density at radius 1 is 0.773 bits per heavy atom. The van der Waals surface area contributed by atoms with E-state index < -0.39 is 28.8 Å². The molecule has 0 aliphatic rings. The number of carbonyl (C=O) groups is 3. The number of rotatable bonds is 10. The zero-order valence-electron chi connectivity index (χ0n) is 23.3. The lowest BCUT2D eigenvalue weighted by Crippen LogP contribution is -2.30. The quantitative estimate of drug-likeness (QED) is 0.117. The molecule has 5 aromatic rings. The lowest BCUT2D eigenvalue weighted by molar-refractivity contribution is -0.116. The van der Waals surface area contributed by atoms with Gasteiger partial charge >= 0.3 is 0 Å². The number of carbonyl (C=O) groups excluding carboxylic acids is 3. The molecule has 0 saturated carbocycles. The van der Waals surface area contributed by atoms with Gasteiger partial charge < -0.3 is 16.0 Å². The van der Waals surface area contributed by atoms with Gasteiger partial charge in [-0.25, -0.2) is 4.39 Å². The Balaban J connectivity index is 1.37. The molecular formula is C35H27FN4O3S. The maximum Gasteiger partial charge on any atom is 0.272 e. The zero-order chi connectivity index (χ0) is 30.7. The second-order valence-corrected chi connectivity index (χ2v) is 10.7. The molecule has 1 unspecified atom stereocenters. The highest BCUT2D eigenvalue weighted by Gasteiger charge is 2.23. The van der Waals surface area contributed by atoms with Crippen LogP contribution in [0.5, 0.6) is 0 Å². The van der Waals surface area contributed by atoms with E-state index in [1.165, 1.54) is 23.9 Å². The van der Waals surface area contributed by atoms with Crippen LogP contribution >= 0.6 is 11.8 Å². The predicted octanol–water partition coefficient (Wildman–Crippen LogP) is 7.10. The van der Waals surface area contributed by atoms with E-state index in [-0.39, 0.29) is 11.4 Å². The number of amides is 3. The molecule has 7 nitrogen and oxygen atoms in total. The van der Waals surface area contributed by atoms with Gasteiger partial charge in [-0.1, -0.05) is 72.8 Å². The Bertz CT molecular complexity index is 1780. The van der Waals surface area contributed by atoms with Gasteiger partial charge in [0.05, 0.1) is 5.69 Å². The van der Waals surface area contributed by atoms with Crippen LogP contribution in [0.15, 0.2) is 144 Å². The standard InChI is InChI=1S/C35H27FN4O3S/c36-29-18-7-8-19-30(29)39-35(43)32(25-12-3-1-4-13-25)44-28-17-9-16-27(22-28)38-34(42)31(21-24-11-10-20-37-23-24)40-33(41)26-14-5-2-6-15-26/h1-23,32H,(H,38,42)(H,39,43)(H,40,41)/b31-21-. The molecule has 5 rings (SSSR count). The van der Waals surface area contributed by atoms with E-state index in [1.54, 1.807) is 91.3 Å². The molecular weight excluding hydrogens is 575 g/mol. The average Bonchev–Trinajstić information content (AvgIpc) is 3.06. The highest BCUT2D eigenvalue weighted by Crippen LogP contribution is 2.37. The monoisotopic (exact) mass is 602 g/mol. The third kappa shape index (κ3) is 8.05. The summed E-state index contributed by atoms with van der Waals surface area (Å²) < 4.78 is 14.3. The number of para-hydroxylation sites is 1. The Morgan fingerprint density at radius 3 is 2.23 bits per heavy atom. The summed E-state index contributed by atoms with van der Waals surface area (Å²) in [4.78, 5) is 44.5. The molecule has 44 heavy (non-hydrogen) atoms. The molecule has 0 fully saturated rings. The first-order valence-corrected chi connectivity index (χ1v) is 14.5. The van der Waals surface area contributed by atoms with Crippen LogP contribution in [0.4, 0.5) is 15.8 Å². The van der Waals surface area contributed by atoms with Gasteiger partial charge in [0.15, 0.2) is 0 Å². The number of halogens is 1. The highest BCUT2D eigenvalue weighted by molar-refractivity contribution is 8.00. The Labute approximate surface area is 258 Å². The molecule has 0 radical (unpaired) electrons. The normalized spacial score (nSPS) is 11.7. The zero-order valence-corrected chi connectivity index (χ0v) is 24.1. The summed E-state index contributed by atoms with van der Waals surface area (Å²) >= 11 is 1.26. The molecule has 1 atom stereocenters. The molecule has 0 aliphatic carbocycles. The van der Waals surface area contributed by atoms with Gasteiger partial charge in [-0.2, -0.15) is 0 Å². The smallest absolute Gasteiger partial charge is 0.272 e. The molecule has 0 bridgehead atoms. The van der Waals surface area contributed by atoms with Crippen molar-refractivity contribution in [2.45, 2.75) is 10.1 Å². The molecule has 0 spiro atoms. The van der Waals surface area contributed by atoms with E-state index in [4.69, 9.17) is 0 Å². The molecule has 3 N–H and O–H groups in total. The predicted molar refractivity (Wildman–Crippen MR) is 171 cm³/mol. The van der Waals surface area contributed by atoms with Gasteiger partial charge in [0.25, 0.3) is 11.8 Å². The van der Waals surface area contributed by atoms with E-state index in [9.17, 15) is 18.8 Å². The minimum absolute atomic E-state index is 0.0244. The van der Waals surface area contributed by atoms with E-state index in [0.717, 1.165) is 5.56 Å². The lowest BCUT2D eigenvalue weighted by Gasteiger charge is -2.18. The van der Waals surface area contributed by atoms with Gasteiger partial charge in [0.1, 0.15) is 16.8 Å². The van der Waals surface area contributed by atoms with Crippen LogP contribution < -0.4 is 16.0 Å². The van der Waals surface area contributed by atoms with Crippen LogP contribution in [0.1, 0.15) is 26.7 Å². The Morgan fingerprint density at radius 2 is 1.50 bits per heavy atom. The van der Waals surface area contributed by atoms with Gasteiger partial charge in [0.2, 0.25) is 5.91 Å². The average molecular weight is 603 g/mol. The summed E-state index contributed by atoms with van der Waals surface area (Å²) in [5.74, 6) is -1.91. The molecule has 9 heteroatoms. The number of nitrogens with zero attached hydrogens (tertiary/aromatic N) is 1. The summed E-state index contributed by atoms with van der Waals surface area (Å²) in [6.45, 7) is 0. The van der Waals surface area contributed by atoms with Crippen LogP contribution in [0.2, 0.25) is 0 Å². The summed E-state index contributed by atoms with van der Waals surface area (Å²) in [7, 11) is 0. The molecule has 3 amide bonds. The van der Waals surface area contributed by atoms with Crippen molar-refractivity contribution in [1.29, 1.82) is 0 Å². The number of benzene rings is 4. The van der Waals surface area contributed by atoms with Crippen molar-refractivity contribution in [3.63, 3.8) is 0 Å². The molecule has 218 valence electrons. The topological polar surface area (TPSA) is 100 Å². The number of anilines is 2. The molecule has 1 heterocycles. The summed E-state index contributed by atoms with van der Waals surface area (Å²) in [6, 6.07) is 34.2. The van der Waals surface area contributed by atoms with E-state index in [0.29, 0.717) is 21.7 Å². The third-order valence-electron chi connectivity index (χ3n) is 6.34. The number of hydrogen-bond donors (Lipinski definition) is 3. The first kappa shape index (κ1) is 29.9. The molecule has 0 aliphatic heterocycles. The minimum atomic E-state index is -0.715. The van der Waals surface area contributed by atoms with E-state index >= 15 is 0 Å². The maximum absolute atomic E-state index is 14.3. The van der Waals surface area contributed by atoms with Crippen LogP contribution in [0.3, 0.4) is 0 Å². The van der Waals surface area contributed by atoms with Crippen LogP contribution in [-0.4, -0.2) is 22.7 Å². The number of nitrogens with one attached hydrogen (secondary N) is 3. The van der Waals surface area contributed by atoms with Crippen molar-refractivity contribution in [1.82, 2.24) is 10.3 Å². The van der Waals surface area contributed by atoms with Gasteiger partial charge in [-0.15, -0.1) is 11.8 Å². The second kappa shape index (κ2) is 14.6. The van der Waals surface area contributed by atoms with Crippen molar-refractivity contribution >= 4 is 46.9 Å². The van der Waals surface area contributed by atoms with E-state index in [2.05, 4.69) is 20.9 Å². The maximum atomic E-state index is 14.3. The summed E-state index contributed by atoms with van der Waals surface area (Å²) in [5, 5.41) is 7.52. The Kier molecular flexibility index (Phi) is 9.91. The third-order valence-corrected chi connectivity index (χ3v) is 7.59. The van der Waals surface area contributed by atoms with Crippen LogP contribution in [0, 0.1) is 5.82 Å². The van der Waals surface area contributed by atoms with Crippen LogP contribution in [0.25, 0.3) is 6.08 Å². The summed E-state index contributed by atoms with van der Waals surface area (Å²) in [6.07, 6.45) is 4.73. The molecule has 1 aromatic heterocycles. The fourth-order valence-electron chi connectivity index (χ4n) is 4.21. The van der Waals surface area contributed by atoms with E-state index in [1.807, 2.05) is 36.4 Å². The first-order chi connectivity index (χ1) is 21.5. The number of hydrogen-bond acceptors (Lipinski definition) is 5. The highest BCUT2D eigenvalue weighted by atomic mass is 32.2. The van der Waals surface area contributed by atoms with Crippen molar-refractivity contribution in [3.05, 3.63) is 162 Å². The van der Waals surface area contributed by atoms with Crippen molar-refractivity contribution < 1.29 is 18.8 Å². The lowest BCUT2D eigenvalue weighted by atomic mass is 10.1. The van der Waals surface area contributed by atoms with Crippen molar-refractivity contribution in [2.24, 2.45) is 0 Å². The summed E-state index contributed by atoms with van der Waals surface area (Å²) in [5.41, 5.74) is 2.32. The fourth-order valence-corrected chi connectivity index (χ4v) is 5.30. The van der Waals surface area contributed by atoms with Crippen molar-refractivity contribution in [3.8, 4) is 0 Å². The fraction of sp³-hybridized carbons (Fsp3) is 0.0286. The number of pyridine rings is 1. The van der Waals surface area contributed by atoms with Gasteiger partial charge in [0, 0.05) is 28.5 Å².